The van der Waals surface area contributed by atoms with Crippen LogP contribution in [0.3, 0.4) is 0 Å². The van der Waals surface area contributed by atoms with E-state index >= 15 is 0 Å². The van der Waals surface area contributed by atoms with Crippen molar-refractivity contribution in [3.63, 3.8) is 0 Å². The molecular weight excluding hydrogens is 262 g/mol. The molecule has 21 heavy (non-hydrogen) atoms. The van der Waals surface area contributed by atoms with E-state index < -0.39 is 5.60 Å². The van der Waals surface area contributed by atoms with E-state index in [1.165, 1.54) is 0 Å². The van der Waals surface area contributed by atoms with Crippen LogP contribution in [0.2, 0.25) is 0 Å². The van der Waals surface area contributed by atoms with Crippen LogP contribution in [0.25, 0.3) is 0 Å². The van der Waals surface area contributed by atoms with Crippen LogP contribution >= 0.6 is 0 Å². The maximum atomic E-state index is 11.0. The number of pyridine rings is 1. The molecule has 0 aliphatic carbocycles. The SMILES string of the molecule is CCCOc1cncc(C(C)(O)c2cc(C)cc(C)c2)c1. The summed E-state index contributed by atoms with van der Waals surface area (Å²) in [4.78, 5) is 4.19. The van der Waals surface area contributed by atoms with E-state index in [2.05, 4.69) is 18.0 Å². The van der Waals surface area contributed by atoms with Crippen molar-refractivity contribution < 1.29 is 9.84 Å². The third-order valence-electron chi connectivity index (χ3n) is 3.53. The van der Waals surface area contributed by atoms with Gasteiger partial charge in [-0.15, -0.1) is 0 Å². The van der Waals surface area contributed by atoms with E-state index in [9.17, 15) is 5.11 Å². The molecule has 0 radical (unpaired) electrons. The van der Waals surface area contributed by atoms with Crippen LogP contribution in [0.4, 0.5) is 0 Å². The van der Waals surface area contributed by atoms with E-state index in [1.807, 2.05) is 32.0 Å². The summed E-state index contributed by atoms with van der Waals surface area (Å²) < 4.78 is 5.60. The van der Waals surface area contributed by atoms with Gasteiger partial charge in [-0.05, 0) is 38.8 Å². The largest absolute Gasteiger partial charge is 0.492 e. The Hall–Kier alpha value is -1.87. The molecule has 1 unspecified atom stereocenters. The van der Waals surface area contributed by atoms with Crippen LogP contribution in [0.15, 0.2) is 36.7 Å². The second kappa shape index (κ2) is 6.27. The molecule has 0 fully saturated rings. The van der Waals surface area contributed by atoms with E-state index in [0.717, 1.165) is 28.7 Å². The molecule has 0 amide bonds. The van der Waals surface area contributed by atoms with Gasteiger partial charge in [0.25, 0.3) is 0 Å². The fraction of sp³-hybridized carbons (Fsp3) is 0.389. The summed E-state index contributed by atoms with van der Waals surface area (Å²) in [5.41, 5.74) is 2.79. The molecule has 3 nitrogen and oxygen atoms in total. The van der Waals surface area contributed by atoms with Crippen molar-refractivity contribution in [2.24, 2.45) is 0 Å². The van der Waals surface area contributed by atoms with Crippen molar-refractivity contribution in [1.29, 1.82) is 0 Å². The molecule has 0 saturated heterocycles. The number of nitrogens with zero attached hydrogens (tertiary/aromatic N) is 1. The second-order valence-corrected chi connectivity index (χ2v) is 5.71. The molecular formula is C18H23NO2. The van der Waals surface area contributed by atoms with Crippen molar-refractivity contribution in [2.45, 2.75) is 39.7 Å². The normalized spacial score (nSPS) is 13.8. The minimum Gasteiger partial charge on any atom is -0.492 e. The summed E-state index contributed by atoms with van der Waals surface area (Å²) in [6.07, 6.45) is 4.31. The average Bonchev–Trinajstić information content (AvgIpc) is 2.44. The number of benzene rings is 1. The Bertz CT molecular complexity index is 600. The van der Waals surface area contributed by atoms with Gasteiger partial charge in [-0.2, -0.15) is 0 Å². The van der Waals surface area contributed by atoms with Gasteiger partial charge in [-0.3, -0.25) is 4.98 Å². The molecule has 2 aromatic rings. The molecule has 0 spiro atoms. The first-order chi connectivity index (χ1) is 9.93. The van der Waals surface area contributed by atoms with Gasteiger partial charge in [0.1, 0.15) is 11.4 Å². The molecule has 0 saturated carbocycles. The molecule has 1 N–H and O–H groups in total. The molecule has 3 heteroatoms. The zero-order valence-electron chi connectivity index (χ0n) is 13.2. The first-order valence-electron chi connectivity index (χ1n) is 7.33. The lowest BCUT2D eigenvalue weighted by Crippen LogP contribution is -2.23. The number of aryl methyl sites for hydroxylation is 2. The summed E-state index contributed by atoms with van der Waals surface area (Å²) in [5, 5.41) is 11.0. The lowest BCUT2D eigenvalue weighted by atomic mass is 9.87. The highest BCUT2D eigenvalue weighted by molar-refractivity contribution is 5.40. The molecule has 0 aliphatic rings. The number of hydrogen-bond donors (Lipinski definition) is 1. The van der Waals surface area contributed by atoms with Crippen LogP contribution in [0, 0.1) is 13.8 Å². The number of ether oxygens (including phenoxy) is 1. The van der Waals surface area contributed by atoms with Crippen molar-refractivity contribution in [3.05, 3.63) is 58.9 Å². The highest BCUT2D eigenvalue weighted by Gasteiger charge is 2.27. The fourth-order valence-electron chi connectivity index (χ4n) is 2.41. The summed E-state index contributed by atoms with van der Waals surface area (Å²) in [6, 6.07) is 7.97. The molecule has 1 atom stereocenters. The summed E-state index contributed by atoms with van der Waals surface area (Å²) in [5.74, 6) is 0.694. The Kier molecular flexibility index (Phi) is 4.63. The van der Waals surface area contributed by atoms with Crippen LogP contribution in [-0.2, 0) is 5.60 Å². The zero-order valence-corrected chi connectivity index (χ0v) is 13.2. The monoisotopic (exact) mass is 285 g/mol. The first kappa shape index (κ1) is 15.5. The van der Waals surface area contributed by atoms with Gasteiger partial charge in [0, 0.05) is 11.8 Å². The van der Waals surface area contributed by atoms with Gasteiger partial charge in [0.05, 0.1) is 12.8 Å². The predicted molar refractivity (Wildman–Crippen MR) is 84.6 cm³/mol. The van der Waals surface area contributed by atoms with Gasteiger partial charge < -0.3 is 9.84 Å². The minimum absolute atomic E-state index is 0.650. The zero-order chi connectivity index (χ0) is 15.5. The molecule has 1 aromatic carbocycles. The van der Waals surface area contributed by atoms with Crippen LogP contribution in [-0.4, -0.2) is 16.7 Å². The van der Waals surface area contributed by atoms with E-state index in [1.54, 1.807) is 19.3 Å². The van der Waals surface area contributed by atoms with E-state index in [-0.39, 0.29) is 0 Å². The summed E-state index contributed by atoms with van der Waals surface area (Å²) >= 11 is 0. The third kappa shape index (κ3) is 3.61. The average molecular weight is 285 g/mol. The van der Waals surface area contributed by atoms with Crippen LogP contribution in [0.5, 0.6) is 5.75 Å². The Labute approximate surface area is 126 Å². The van der Waals surface area contributed by atoms with Crippen molar-refractivity contribution in [1.82, 2.24) is 4.98 Å². The number of aliphatic hydroxyl groups is 1. The summed E-state index contributed by atoms with van der Waals surface area (Å²) in [6.45, 7) is 8.57. The second-order valence-electron chi connectivity index (χ2n) is 5.71. The highest BCUT2D eigenvalue weighted by Crippen LogP contribution is 2.31. The van der Waals surface area contributed by atoms with E-state index in [4.69, 9.17) is 4.74 Å². The van der Waals surface area contributed by atoms with Crippen molar-refractivity contribution in [3.8, 4) is 5.75 Å². The fourth-order valence-corrected chi connectivity index (χ4v) is 2.41. The van der Waals surface area contributed by atoms with Gasteiger partial charge in [-0.25, -0.2) is 0 Å². The third-order valence-corrected chi connectivity index (χ3v) is 3.53. The lowest BCUT2D eigenvalue weighted by Gasteiger charge is -2.25. The van der Waals surface area contributed by atoms with Gasteiger partial charge in [0.15, 0.2) is 0 Å². The number of aromatic nitrogens is 1. The molecule has 112 valence electrons. The molecule has 1 heterocycles. The topological polar surface area (TPSA) is 42.4 Å². The van der Waals surface area contributed by atoms with Gasteiger partial charge in [0.2, 0.25) is 0 Å². The van der Waals surface area contributed by atoms with Crippen molar-refractivity contribution >= 4 is 0 Å². The van der Waals surface area contributed by atoms with Crippen molar-refractivity contribution in [2.75, 3.05) is 6.61 Å². The molecule has 2 rings (SSSR count). The van der Waals surface area contributed by atoms with Gasteiger partial charge >= 0.3 is 0 Å². The van der Waals surface area contributed by atoms with Gasteiger partial charge in [-0.1, -0.05) is 36.2 Å². The van der Waals surface area contributed by atoms with Crippen LogP contribution < -0.4 is 4.74 Å². The molecule has 0 bridgehead atoms. The first-order valence-corrected chi connectivity index (χ1v) is 7.33. The summed E-state index contributed by atoms with van der Waals surface area (Å²) in [7, 11) is 0. The molecule has 0 aliphatic heterocycles. The predicted octanol–water partition coefficient (Wildman–Crippen LogP) is 3.74. The Morgan fingerprint density at radius 3 is 2.33 bits per heavy atom. The van der Waals surface area contributed by atoms with Crippen LogP contribution in [0.1, 0.15) is 42.5 Å². The highest BCUT2D eigenvalue weighted by atomic mass is 16.5. The number of rotatable bonds is 5. The Morgan fingerprint density at radius 2 is 1.71 bits per heavy atom. The lowest BCUT2D eigenvalue weighted by molar-refractivity contribution is 0.101. The quantitative estimate of drug-likeness (QED) is 0.910. The van der Waals surface area contributed by atoms with E-state index in [0.29, 0.717) is 12.4 Å². The number of hydrogen-bond acceptors (Lipinski definition) is 3. The Morgan fingerprint density at radius 1 is 1.05 bits per heavy atom. The molecule has 1 aromatic heterocycles. The maximum absolute atomic E-state index is 11.0. The smallest absolute Gasteiger partial charge is 0.137 e. The Balaban J connectivity index is 2.38. The standard InChI is InChI=1S/C18H23NO2/c1-5-6-21-17-10-16(11-19-12-17)18(4,20)15-8-13(2)7-14(3)9-15/h7-12,20H,5-6H2,1-4H3. The maximum Gasteiger partial charge on any atom is 0.137 e. The minimum atomic E-state index is -1.09.